The molecule has 0 saturated carbocycles. The van der Waals surface area contributed by atoms with Crippen molar-refractivity contribution in [1.82, 2.24) is 14.5 Å². The highest BCUT2D eigenvalue weighted by molar-refractivity contribution is 7.91. The van der Waals surface area contributed by atoms with Gasteiger partial charge in [-0.05, 0) is 61.1 Å². The summed E-state index contributed by atoms with van der Waals surface area (Å²) in [5, 5.41) is 11.5. The summed E-state index contributed by atoms with van der Waals surface area (Å²) in [6.45, 7) is 7.68. The first-order valence-corrected chi connectivity index (χ1v) is 14.4. The molecule has 0 saturated heterocycles. The Kier molecular flexibility index (Phi) is 8.30. The Balaban J connectivity index is 1.85. The van der Waals surface area contributed by atoms with Gasteiger partial charge in [-0.2, -0.15) is 9.37 Å². The van der Waals surface area contributed by atoms with Crippen LogP contribution in [0.3, 0.4) is 0 Å². The van der Waals surface area contributed by atoms with Crippen LogP contribution >= 0.6 is 0 Å². The zero-order valence-corrected chi connectivity index (χ0v) is 23.2. The lowest BCUT2D eigenvalue weighted by Gasteiger charge is -2.25. The maximum Gasteiger partial charge on any atom is 0.296 e. The molecule has 0 aliphatic heterocycles. The van der Waals surface area contributed by atoms with Crippen molar-refractivity contribution in [2.75, 3.05) is 0 Å². The molecule has 1 atom stereocenters. The third-order valence-electron chi connectivity index (χ3n) is 6.76. The monoisotopic (exact) mass is 549 g/mol. The van der Waals surface area contributed by atoms with Gasteiger partial charge in [-0.15, -0.1) is 0 Å². The van der Waals surface area contributed by atoms with E-state index < -0.39 is 38.2 Å². The Morgan fingerprint density at radius 2 is 1.64 bits per heavy atom. The molecule has 0 aliphatic carbocycles. The summed E-state index contributed by atoms with van der Waals surface area (Å²) in [6.07, 6.45) is 1.66. The Hall–Kier alpha value is -3.85. The van der Waals surface area contributed by atoms with Crippen molar-refractivity contribution in [3.63, 3.8) is 0 Å². The van der Waals surface area contributed by atoms with Crippen LogP contribution in [-0.2, 0) is 16.3 Å². The maximum absolute atomic E-state index is 13.7. The summed E-state index contributed by atoms with van der Waals surface area (Å²) in [6, 6.07) is 17.6. The van der Waals surface area contributed by atoms with Gasteiger partial charge >= 0.3 is 0 Å². The van der Waals surface area contributed by atoms with E-state index in [1.165, 1.54) is 22.8 Å². The molecule has 0 amide bonds. The minimum atomic E-state index is -4.43. The van der Waals surface area contributed by atoms with E-state index in [1.54, 1.807) is 25.1 Å². The van der Waals surface area contributed by atoms with Crippen molar-refractivity contribution in [2.24, 2.45) is 5.92 Å². The molecular formula is C30H32FN3O4S. The van der Waals surface area contributed by atoms with E-state index in [0.717, 1.165) is 5.56 Å². The molecule has 2 aromatic carbocycles. The quantitative estimate of drug-likeness (QED) is 0.262. The summed E-state index contributed by atoms with van der Waals surface area (Å²) >= 11 is 0. The number of hydrogen-bond donors (Lipinski definition) is 1. The van der Waals surface area contributed by atoms with E-state index >= 15 is 0 Å². The first-order chi connectivity index (χ1) is 18.5. The molecule has 0 radical (unpaired) electrons. The summed E-state index contributed by atoms with van der Waals surface area (Å²) in [5.74, 6) is -0.564. The Bertz CT molecular complexity index is 1630. The molecule has 0 spiro atoms. The van der Waals surface area contributed by atoms with Gasteiger partial charge in [0.25, 0.3) is 5.56 Å². The van der Waals surface area contributed by atoms with Crippen LogP contribution in [0.4, 0.5) is 4.39 Å². The number of halogens is 1. The van der Waals surface area contributed by atoms with Crippen LogP contribution in [0, 0.1) is 18.8 Å². The van der Waals surface area contributed by atoms with Gasteiger partial charge in [0, 0.05) is 17.7 Å². The zero-order valence-electron chi connectivity index (χ0n) is 22.4. The fourth-order valence-corrected chi connectivity index (χ4v) is 6.06. The number of aromatic hydroxyl groups is 1. The Morgan fingerprint density at radius 1 is 0.974 bits per heavy atom. The molecule has 1 N–H and O–H groups in total. The van der Waals surface area contributed by atoms with E-state index in [2.05, 4.69) is 9.97 Å². The maximum atomic E-state index is 13.7. The van der Waals surface area contributed by atoms with Crippen LogP contribution in [0.15, 0.2) is 81.3 Å². The van der Waals surface area contributed by atoms with Gasteiger partial charge in [0.15, 0.2) is 4.90 Å². The number of aryl methyl sites for hydroxylation is 2. The van der Waals surface area contributed by atoms with Crippen LogP contribution in [0.25, 0.3) is 11.1 Å². The molecule has 0 unspecified atom stereocenters. The molecule has 204 valence electrons. The SMILES string of the molecule is CC[C@@H](c1ccccc1)n1c(CCC(C)C)nc(=O)c(S(=O)(=O)c2ccc(-c3ccc(F)nc3C)cc2)c1O. The van der Waals surface area contributed by atoms with Crippen LogP contribution in [0.2, 0.25) is 0 Å². The second kappa shape index (κ2) is 11.5. The minimum absolute atomic E-state index is 0.164. The highest BCUT2D eigenvalue weighted by atomic mass is 32.2. The average molecular weight is 550 g/mol. The fraction of sp³-hybridized carbons (Fsp3) is 0.300. The second-order valence-electron chi connectivity index (χ2n) is 9.92. The lowest BCUT2D eigenvalue weighted by atomic mass is 10.0. The van der Waals surface area contributed by atoms with Crippen LogP contribution in [-0.4, -0.2) is 28.1 Å². The van der Waals surface area contributed by atoms with Gasteiger partial charge in [0.1, 0.15) is 5.82 Å². The van der Waals surface area contributed by atoms with E-state index in [1.807, 2.05) is 51.1 Å². The van der Waals surface area contributed by atoms with Crippen molar-refractivity contribution in [3.8, 4) is 17.0 Å². The molecule has 39 heavy (non-hydrogen) atoms. The largest absolute Gasteiger partial charge is 0.493 e. The van der Waals surface area contributed by atoms with Crippen molar-refractivity contribution in [3.05, 3.63) is 100 Å². The Labute approximate surface area is 228 Å². The molecule has 2 heterocycles. The third-order valence-corrected chi connectivity index (χ3v) is 8.55. The van der Waals surface area contributed by atoms with E-state index in [0.29, 0.717) is 47.8 Å². The summed E-state index contributed by atoms with van der Waals surface area (Å²) < 4.78 is 42.4. The van der Waals surface area contributed by atoms with Crippen molar-refractivity contribution < 1.29 is 17.9 Å². The van der Waals surface area contributed by atoms with Gasteiger partial charge in [-0.1, -0.05) is 63.2 Å². The molecule has 0 aliphatic rings. The van der Waals surface area contributed by atoms with Gasteiger partial charge in [0.05, 0.1) is 10.9 Å². The molecule has 4 rings (SSSR count). The van der Waals surface area contributed by atoms with Gasteiger partial charge < -0.3 is 5.11 Å². The summed E-state index contributed by atoms with van der Waals surface area (Å²) in [5.41, 5.74) is 1.61. The van der Waals surface area contributed by atoms with Crippen molar-refractivity contribution >= 4 is 9.84 Å². The number of nitrogens with zero attached hydrogens (tertiary/aromatic N) is 3. The molecule has 0 fully saturated rings. The minimum Gasteiger partial charge on any atom is -0.493 e. The van der Waals surface area contributed by atoms with Crippen LogP contribution < -0.4 is 5.56 Å². The molecule has 7 nitrogen and oxygen atoms in total. The van der Waals surface area contributed by atoms with Gasteiger partial charge in [-0.3, -0.25) is 9.36 Å². The normalized spacial score (nSPS) is 12.6. The Morgan fingerprint density at radius 3 is 2.23 bits per heavy atom. The van der Waals surface area contributed by atoms with Gasteiger partial charge in [0.2, 0.25) is 21.7 Å². The number of benzene rings is 2. The molecule has 9 heteroatoms. The highest BCUT2D eigenvalue weighted by Gasteiger charge is 2.32. The number of aromatic nitrogens is 3. The fourth-order valence-electron chi connectivity index (χ4n) is 4.72. The standard InChI is InChI=1S/C30H32FN3O4S/c1-5-25(22-9-7-6-8-10-22)34-27(18-11-19(2)3)33-29(35)28(30(34)36)39(37,38)23-14-12-21(13-15-23)24-16-17-26(31)32-20(24)4/h6-10,12-17,19,25,36H,5,11,18H2,1-4H3/t25-/m0/s1. The number of rotatable bonds is 9. The van der Waals surface area contributed by atoms with E-state index in [4.69, 9.17) is 0 Å². The van der Waals surface area contributed by atoms with E-state index in [9.17, 15) is 22.7 Å². The van der Waals surface area contributed by atoms with Crippen LogP contribution in [0.5, 0.6) is 5.88 Å². The predicted octanol–water partition coefficient (Wildman–Crippen LogP) is 5.88. The second-order valence-corrected chi connectivity index (χ2v) is 11.8. The first-order valence-electron chi connectivity index (χ1n) is 12.9. The average Bonchev–Trinajstić information content (AvgIpc) is 2.89. The van der Waals surface area contributed by atoms with Crippen LogP contribution in [0.1, 0.15) is 56.7 Å². The van der Waals surface area contributed by atoms with Crippen molar-refractivity contribution in [1.29, 1.82) is 0 Å². The van der Waals surface area contributed by atoms with Crippen molar-refractivity contribution in [2.45, 2.75) is 62.8 Å². The zero-order chi connectivity index (χ0) is 28.3. The smallest absolute Gasteiger partial charge is 0.296 e. The highest BCUT2D eigenvalue weighted by Crippen LogP contribution is 2.34. The number of pyridine rings is 1. The molecule has 0 bridgehead atoms. The topological polar surface area (TPSA) is 102 Å². The first kappa shape index (κ1) is 28.2. The lowest BCUT2D eigenvalue weighted by molar-refractivity contribution is 0.356. The number of sulfone groups is 1. The predicted molar refractivity (Wildman–Crippen MR) is 148 cm³/mol. The summed E-state index contributed by atoms with van der Waals surface area (Å²) in [7, 11) is -4.43. The number of hydrogen-bond acceptors (Lipinski definition) is 6. The van der Waals surface area contributed by atoms with E-state index in [-0.39, 0.29) is 4.90 Å². The molecule has 2 aromatic heterocycles. The summed E-state index contributed by atoms with van der Waals surface area (Å²) in [4.78, 5) is 20.3. The molecular weight excluding hydrogens is 517 g/mol. The third kappa shape index (κ3) is 5.78. The van der Waals surface area contributed by atoms with Gasteiger partial charge in [-0.25, -0.2) is 13.4 Å². The molecule has 4 aromatic rings. The lowest BCUT2D eigenvalue weighted by Crippen LogP contribution is -2.27.